The first kappa shape index (κ1) is 32.4. The Hall–Kier alpha value is -6.84. The van der Waals surface area contributed by atoms with Gasteiger partial charge >= 0.3 is 0 Å². The molecule has 3 aliphatic rings. The van der Waals surface area contributed by atoms with Crippen LogP contribution in [0.4, 0.5) is 5.69 Å². The molecule has 0 saturated heterocycles. The van der Waals surface area contributed by atoms with Crippen LogP contribution in [0.5, 0.6) is 0 Å². The molecule has 3 heteroatoms. The molecule has 0 fully saturated rings. The average molecular weight is 732 g/mol. The molecule has 0 radical (unpaired) electrons. The van der Waals surface area contributed by atoms with Crippen molar-refractivity contribution in [2.45, 2.75) is 31.3 Å². The van der Waals surface area contributed by atoms with Gasteiger partial charge < -0.3 is 14.0 Å². The Labute approximate surface area is 332 Å². The number of allylic oxidation sites excluding steroid dienone is 3. The molecule has 0 amide bonds. The Balaban J connectivity index is 0.941. The third-order valence-electron chi connectivity index (χ3n) is 13.0. The first-order chi connectivity index (χ1) is 28.3. The van der Waals surface area contributed by atoms with E-state index in [1.165, 1.54) is 82.9 Å². The molecule has 0 spiro atoms. The standard InChI is InChI=1S/C54H41N3/c1-3-13-36(14-4-1)37-23-27-41(28-24-37)55-50-21-11-8-18-44(50)47-33-38(25-31-52(47)55)39-26-32-53-48(34-39)45-19-9-12-22-51(45)57(53)42-29-30-46-43-17-7-10-20-49(43)56(54(46)35-42)40-15-5-2-6-16-40/h1-28,31-34,42-43,49H,29-30,35H2. The fourth-order valence-corrected chi connectivity index (χ4v) is 10.5. The monoisotopic (exact) mass is 731 g/mol. The van der Waals surface area contributed by atoms with Gasteiger partial charge in [0, 0.05) is 68.0 Å². The highest BCUT2D eigenvalue weighted by Crippen LogP contribution is 2.50. The lowest BCUT2D eigenvalue weighted by atomic mass is 9.83. The summed E-state index contributed by atoms with van der Waals surface area (Å²) in [7, 11) is 0. The molecule has 1 aliphatic heterocycles. The second-order valence-corrected chi connectivity index (χ2v) is 16.0. The smallest absolute Gasteiger partial charge is 0.0623 e. The summed E-state index contributed by atoms with van der Waals surface area (Å²) in [5, 5.41) is 5.20. The van der Waals surface area contributed by atoms with E-state index in [-0.39, 0.29) is 0 Å². The van der Waals surface area contributed by atoms with E-state index in [0.717, 1.165) is 19.3 Å². The number of fused-ring (bicyclic) bond motifs is 8. The van der Waals surface area contributed by atoms with Crippen LogP contribution in [-0.2, 0) is 0 Å². The van der Waals surface area contributed by atoms with Crippen LogP contribution in [-0.4, -0.2) is 15.2 Å². The van der Waals surface area contributed by atoms with Crippen molar-refractivity contribution in [1.29, 1.82) is 0 Å². The summed E-state index contributed by atoms with van der Waals surface area (Å²) in [6.45, 7) is 0. The van der Waals surface area contributed by atoms with Crippen molar-refractivity contribution in [2.24, 2.45) is 5.92 Å². The summed E-state index contributed by atoms with van der Waals surface area (Å²) in [6, 6.07) is 63.5. The molecule has 2 aliphatic carbocycles. The molecule has 2 aromatic heterocycles. The van der Waals surface area contributed by atoms with Crippen LogP contribution in [0.1, 0.15) is 25.3 Å². The molecule has 0 N–H and O–H groups in total. The second kappa shape index (κ2) is 12.9. The van der Waals surface area contributed by atoms with Gasteiger partial charge in [-0.15, -0.1) is 0 Å². The Bertz CT molecular complexity index is 3100. The predicted octanol–water partition coefficient (Wildman–Crippen LogP) is 13.8. The Morgan fingerprint density at radius 3 is 1.77 bits per heavy atom. The van der Waals surface area contributed by atoms with E-state index in [1.807, 2.05) is 0 Å². The Morgan fingerprint density at radius 1 is 0.439 bits per heavy atom. The lowest BCUT2D eigenvalue weighted by Gasteiger charge is -2.33. The van der Waals surface area contributed by atoms with Gasteiger partial charge in [0.05, 0.1) is 17.1 Å². The van der Waals surface area contributed by atoms with E-state index in [4.69, 9.17) is 0 Å². The third-order valence-corrected chi connectivity index (χ3v) is 13.0. The molecule has 3 heterocycles. The number of hydrogen-bond acceptors (Lipinski definition) is 1. The third kappa shape index (κ3) is 5.05. The van der Waals surface area contributed by atoms with Crippen LogP contribution in [0, 0.1) is 5.92 Å². The largest absolute Gasteiger partial charge is 0.337 e. The van der Waals surface area contributed by atoms with Gasteiger partial charge in [-0.2, -0.15) is 0 Å². The minimum atomic E-state index is 0.355. The summed E-state index contributed by atoms with van der Waals surface area (Å²) in [5.74, 6) is 0.457. The maximum Gasteiger partial charge on any atom is 0.0623 e. The topological polar surface area (TPSA) is 13.1 Å². The molecule has 3 unspecified atom stereocenters. The van der Waals surface area contributed by atoms with Gasteiger partial charge in [0.25, 0.3) is 0 Å². The maximum absolute atomic E-state index is 2.68. The van der Waals surface area contributed by atoms with Crippen molar-refractivity contribution in [2.75, 3.05) is 4.90 Å². The van der Waals surface area contributed by atoms with E-state index >= 15 is 0 Å². The van der Waals surface area contributed by atoms with E-state index in [2.05, 4.69) is 208 Å². The lowest BCUT2D eigenvalue weighted by Crippen LogP contribution is -2.33. The van der Waals surface area contributed by atoms with Gasteiger partial charge in [-0.25, -0.2) is 0 Å². The molecule has 7 aromatic carbocycles. The lowest BCUT2D eigenvalue weighted by molar-refractivity contribution is 0.457. The molecule has 12 rings (SSSR count). The van der Waals surface area contributed by atoms with Crippen molar-refractivity contribution in [3.63, 3.8) is 0 Å². The van der Waals surface area contributed by atoms with E-state index in [0.29, 0.717) is 18.0 Å². The van der Waals surface area contributed by atoms with Crippen molar-refractivity contribution >= 4 is 49.3 Å². The molecule has 0 bridgehead atoms. The zero-order chi connectivity index (χ0) is 37.5. The van der Waals surface area contributed by atoms with Gasteiger partial charge in [-0.3, -0.25) is 0 Å². The zero-order valence-corrected chi connectivity index (χ0v) is 31.7. The van der Waals surface area contributed by atoms with Gasteiger partial charge in [0.1, 0.15) is 0 Å². The van der Waals surface area contributed by atoms with E-state index in [1.54, 1.807) is 5.57 Å². The first-order valence-electron chi connectivity index (χ1n) is 20.4. The Morgan fingerprint density at radius 2 is 1.00 bits per heavy atom. The SMILES string of the molecule is C1=CC2C3=C(CC(n4c5ccccc5c5cc(-c6ccc7c(c6)c6ccccc6n7-c6ccc(-c7ccccc7)cc6)ccc54)CC3)N(c3ccccc3)C2C=C1. The summed E-state index contributed by atoms with van der Waals surface area (Å²) in [4.78, 5) is 2.64. The number of para-hydroxylation sites is 3. The minimum absolute atomic E-state index is 0.355. The van der Waals surface area contributed by atoms with E-state index in [9.17, 15) is 0 Å². The van der Waals surface area contributed by atoms with Crippen molar-refractivity contribution in [3.05, 3.63) is 205 Å². The second-order valence-electron chi connectivity index (χ2n) is 16.0. The van der Waals surface area contributed by atoms with Crippen molar-refractivity contribution in [1.82, 2.24) is 9.13 Å². The highest BCUT2D eigenvalue weighted by molar-refractivity contribution is 6.12. The molecule has 3 nitrogen and oxygen atoms in total. The molecule has 57 heavy (non-hydrogen) atoms. The van der Waals surface area contributed by atoms with Crippen molar-refractivity contribution in [3.8, 4) is 27.9 Å². The van der Waals surface area contributed by atoms with E-state index < -0.39 is 0 Å². The van der Waals surface area contributed by atoms with Gasteiger partial charge in [0.15, 0.2) is 0 Å². The molecule has 272 valence electrons. The number of rotatable bonds is 5. The molecular formula is C54H41N3. The summed E-state index contributed by atoms with van der Waals surface area (Å²) in [5.41, 5.74) is 15.7. The van der Waals surface area contributed by atoms with Gasteiger partial charge in [-0.05, 0) is 101 Å². The van der Waals surface area contributed by atoms with Gasteiger partial charge in [-0.1, -0.05) is 133 Å². The molecule has 3 atom stereocenters. The van der Waals surface area contributed by atoms with Crippen LogP contribution in [0.25, 0.3) is 71.6 Å². The quantitative estimate of drug-likeness (QED) is 0.172. The summed E-state index contributed by atoms with van der Waals surface area (Å²) in [6.07, 6.45) is 12.6. The average Bonchev–Trinajstić information content (AvgIpc) is 3.92. The highest BCUT2D eigenvalue weighted by atomic mass is 15.2. The number of hydrogen-bond donors (Lipinski definition) is 0. The zero-order valence-electron chi connectivity index (χ0n) is 31.7. The summed E-state index contributed by atoms with van der Waals surface area (Å²) >= 11 is 0. The van der Waals surface area contributed by atoms with Gasteiger partial charge in [0.2, 0.25) is 0 Å². The highest BCUT2D eigenvalue weighted by Gasteiger charge is 2.42. The Kier molecular flexibility index (Phi) is 7.31. The normalized spacial score (nSPS) is 18.9. The number of nitrogens with zero attached hydrogens (tertiary/aromatic N) is 3. The summed E-state index contributed by atoms with van der Waals surface area (Å²) < 4.78 is 5.09. The van der Waals surface area contributed by atoms with Crippen LogP contribution in [0.3, 0.4) is 0 Å². The maximum atomic E-state index is 2.68. The van der Waals surface area contributed by atoms with Crippen molar-refractivity contribution < 1.29 is 0 Å². The number of benzene rings is 7. The minimum Gasteiger partial charge on any atom is -0.337 e. The fraction of sp³-hybridized carbons (Fsp3) is 0.111. The molecular weight excluding hydrogens is 691 g/mol. The fourth-order valence-electron chi connectivity index (χ4n) is 10.5. The molecule has 0 saturated carbocycles. The molecule has 9 aromatic rings. The number of anilines is 1. The first-order valence-corrected chi connectivity index (χ1v) is 20.4. The van der Waals surface area contributed by atoms with Crippen LogP contribution < -0.4 is 4.90 Å². The number of aromatic nitrogens is 2. The van der Waals surface area contributed by atoms with Crippen LogP contribution in [0.15, 0.2) is 205 Å². The van der Waals surface area contributed by atoms with Crippen LogP contribution in [0.2, 0.25) is 0 Å². The van der Waals surface area contributed by atoms with Crippen LogP contribution >= 0.6 is 0 Å². The predicted molar refractivity (Wildman–Crippen MR) is 239 cm³/mol.